The molecular weight excluding hydrogens is 143 g/mol. The third kappa shape index (κ3) is 1.26. The van der Waals surface area contributed by atoms with Gasteiger partial charge in [-0.1, -0.05) is 12.1 Å². The number of ether oxygens (including phenoxy) is 1. The van der Waals surface area contributed by atoms with Gasteiger partial charge in [0.05, 0.1) is 6.10 Å². The first-order valence-corrected chi connectivity index (χ1v) is 3.68. The second-order valence-corrected chi connectivity index (χ2v) is 2.81. The quantitative estimate of drug-likeness (QED) is 0.562. The van der Waals surface area contributed by atoms with Crippen molar-refractivity contribution >= 4 is 0 Å². The van der Waals surface area contributed by atoms with Crippen molar-refractivity contribution in [1.29, 1.82) is 0 Å². The molecule has 0 saturated carbocycles. The molecule has 0 aliphatic carbocycles. The number of hydrogen-bond donors (Lipinski definition) is 0. The van der Waals surface area contributed by atoms with E-state index >= 15 is 0 Å². The highest BCUT2D eigenvalue weighted by Gasteiger charge is 2.35. The van der Waals surface area contributed by atoms with Gasteiger partial charge in [-0.05, 0) is 24.6 Å². The van der Waals surface area contributed by atoms with Crippen molar-refractivity contribution in [2.24, 2.45) is 0 Å². The van der Waals surface area contributed by atoms with Gasteiger partial charge in [-0.25, -0.2) is 4.39 Å². The Kier molecular flexibility index (Phi) is 1.43. The molecule has 1 aliphatic heterocycles. The maximum Gasteiger partial charge on any atom is 0.123 e. The van der Waals surface area contributed by atoms with E-state index < -0.39 is 0 Å². The molecule has 1 fully saturated rings. The molecule has 58 valence electrons. The Hall–Kier alpha value is -0.890. The van der Waals surface area contributed by atoms with E-state index in [1.165, 1.54) is 12.1 Å². The van der Waals surface area contributed by atoms with Crippen LogP contribution in [0.25, 0.3) is 0 Å². The molecule has 1 aliphatic rings. The summed E-state index contributed by atoms with van der Waals surface area (Å²) in [4.78, 5) is 0. The first kappa shape index (κ1) is 6.80. The Morgan fingerprint density at radius 2 is 1.82 bits per heavy atom. The SMILES string of the molecule is CC1OC1c1ccc(F)cc1. The van der Waals surface area contributed by atoms with E-state index in [0.29, 0.717) is 6.10 Å². The van der Waals surface area contributed by atoms with Crippen molar-refractivity contribution in [2.45, 2.75) is 19.1 Å². The van der Waals surface area contributed by atoms with Gasteiger partial charge >= 0.3 is 0 Å². The van der Waals surface area contributed by atoms with E-state index in [-0.39, 0.29) is 11.9 Å². The van der Waals surface area contributed by atoms with Crippen LogP contribution in [0.3, 0.4) is 0 Å². The lowest BCUT2D eigenvalue weighted by Gasteiger charge is -1.93. The molecule has 1 heterocycles. The summed E-state index contributed by atoms with van der Waals surface area (Å²) in [5, 5.41) is 0. The first-order chi connectivity index (χ1) is 5.27. The summed E-state index contributed by atoms with van der Waals surface area (Å²) in [5.41, 5.74) is 1.07. The van der Waals surface area contributed by atoms with E-state index in [4.69, 9.17) is 4.74 Å². The summed E-state index contributed by atoms with van der Waals surface area (Å²) in [6.07, 6.45) is 0.510. The van der Waals surface area contributed by atoms with Gasteiger partial charge in [0.2, 0.25) is 0 Å². The van der Waals surface area contributed by atoms with Crippen LogP contribution in [0.1, 0.15) is 18.6 Å². The molecule has 0 aromatic heterocycles. The number of halogens is 1. The van der Waals surface area contributed by atoms with Crippen molar-refractivity contribution < 1.29 is 9.13 Å². The third-order valence-corrected chi connectivity index (χ3v) is 1.91. The highest BCUT2D eigenvalue weighted by atomic mass is 19.1. The molecular formula is C9H9FO. The molecule has 0 N–H and O–H groups in total. The summed E-state index contributed by atoms with van der Waals surface area (Å²) in [6.45, 7) is 2.01. The largest absolute Gasteiger partial charge is 0.365 e. The highest BCUT2D eigenvalue weighted by molar-refractivity contribution is 5.22. The van der Waals surface area contributed by atoms with Crippen LogP contribution in [0.4, 0.5) is 4.39 Å². The topological polar surface area (TPSA) is 12.5 Å². The number of rotatable bonds is 1. The Balaban J connectivity index is 2.21. The van der Waals surface area contributed by atoms with E-state index in [0.717, 1.165) is 5.56 Å². The molecule has 1 aromatic rings. The Morgan fingerprint density at radius 1 is 1.27 bits per heavy atom. The van der Waals surface area contributed by atoms with E-state index in [1.807, 2.05) is 6.92 Å². The first-order valence-electron chi connectivity index (χ1n) is 3.68. The maximum atomic E-state index is 12.4. The van der Waals surface area contributed by atoms with Gasteiger partial charge in [-0.3, -0.25) is 0 Å². The molecule has 0 radical (unpaired) electrons. The summed E-state index contributed by atoms with van der Waals surface area (Å²) < 4.78 is 17.6. The Bertz CT molecular complexity index is 255. The minimum absolute atomic E-state index is 0.193. The van der Waals surface area contributed by atoms with Gasteiger partial charge in [0.1, 0.15) is 11.9 Å². The molecule has 1 aromatic carbocycles. The van der Waals surface area contributed by atoms with Gasteiger partial charge in [0.25, 0.3) is 0 Å². The van der Waals surface area contributed by atoms with Crippen LogP contribution in [0.5, 0.6) is 0 Å². The van der Waals surface area contributed by atoms with Crippen LogP contribution in [-0.2, 0) is 4.74 Å². The molecule has 0 bridgehead atoms. The van der Waals surface area contributed by atoms with Crippen LogP contribution in [0.15, 0.2) is 24.3 Å². The fraction of sp³-hybridized carbons (Fsp3) is 0.333. The Morgan fingerprint density at radius 3 is 2.27 bits per heavy atom. The zero-order valence-electron chi connectivity index (χ0n) is 6.25. The van der Waals surface area contributed by atoms with E-state index in [9.17, 15) is 4.39 Å². The van der Waals surface area contributed by atoms with E-state index in [1.54, 1.807) is 12.1 Å². The van der Waals surface area contributed by atoms with Gasteiger partial charge in [-0.2, -0.15) is 0 Å². The fourth-order valence-corrected chi connectivity index (χ4v) is 1.19. The van der Waals surface area contributed by atoms with Crippen molar-refractivity contribution in [2.75, 3.05) is 0 Å². The molecule has 0 amide bonds. The average molecular weight is 152 g/mol. The fourth-order valence-electron chi connectivity index (χ4n) is 1.19. The van der Waals surface area contributed by atoms with Crippen LogP contribution >= 0.6 is 0 Å². The summed E-state index contributed by atoms with van der Waals surface area (Å²) in [5.74, 6) is -0.193. The predicted molar refractivity (Wildman–Crippen MR) is 39.7 cm³/mol. The molecule has 1 nitrogen and oxygen atoms in total. The molecule has 11 heavy (non-hydrogen) atoms. The minimum atomic E-state index is -0.193. The van der Waals surface area contributed by atoms with Crippen LogP contribution in [-0.4, -0.2) is 6.10 Å². The molecule has 0 spiro atoms. The van der Waals surface area contributed by atoms with Crippen molar-refractivity contribution in [3.63, 3.8) is 0 Å². The lowest BCUT2D eigenvalue weighted by Crippen LogP contribution is -1.83. The molecule has 1 saturated heterocycles. The van der Waals surface area contributed by atoms with Crippen molar-refractivity contribution in [3.05, 3.63) is 35.6 Å². The number of hydrogen-bond acceptors (Lipinski definition) is 1. The second-order valence-electron chi connectivity index (χ2n) is 2.81. The zero-order chi connectivity index (χ0) is 7.84. The smallest absolute Gasteiger partial charge is 0.123 e. The summed E-state index contributed by atoms with van der Waals surface area (Å²) in [7, 11) is 0. The second kappa shape index (κ2) is 2.31. The van der Waals surface area contributed by atoms with E-state index in [2.05, 4.69) is 0 Å². The standard InChI is InChI=1S/C9H9FO/c1-6-9(11-6)7-2-4-8(10)5-3-7/h2-6,9H,1H3. The van der Waals surface area contributed by atoms with Gasteiger partial charge in [-0.15, -0.1) is 0 Å². The van der Waals surface area contributed by atoms with Gasteiger partial charge in [0.15, 0.2) is 0 Å². The lowest BCUT2D eigenvalue weighted by molar-refractivity contribution is 0.383. The third-order valence-electron chi connectivity index (χ3n) is 1.91. The van der Waals surface area contributed by atoms with Crippen molar-refractivity contribution in [3.8, 4) is 0 Å². The number of epoxide rings is 1. The Labute approximate surface area is 64.8 Å². The zero-order valence-corrected chi connectivity index (χ0v) is 6.25. The van der Waals surface area contributed by atoms with Crippen LogP contribution in [0.2, 0.25) is 0 Å². The maximum absolute atomic E-state index is 12.4. The summed E-state index contributed by atoms with van der Waals surface area (Å²) >= 11 is 0. The van der Waals surface area contributed by atoms with Gasteiger partial charge < -0.3 is 4.74 Å². The molecule has 2 rings (SSSR count). The van der Waals surface area contributed by atoms with Gasteiger partial charge in [0, 0.05) is 0 Å². The monoisotopic (exact) mass is 152 g/mol. The highest BCUT2D eigenvalue weighted by Crippen LogP contribution is 2.37. The van der Waals surface area contributed by atoms with Crippen LogP contribution in [0, 0.1) is 5.82 Å². The predicted octanol–water partition coefficient (Wildman–Crippen LogP) is 2.29. The minimum Gasteiger partial charge on any atom is -0.365 e. The summed E-state index contributed by atoms with van der Waals surface area (Å²) in [6, 6.07) is 6.46. The molecule has 2 unspecified atom stereocenters. The average Bonchev–Trinajstić information content (AvgIpc) is 2.69. The lowest BCUT2D eigenvalue weighted by atomic mass is 10.1. The number of benzene rings is 1. The molecule has 2 atom stereocenters. The molecule has 2 heteroatoms. The van der Waals surface area contributed by atoms with Crippen molar-refractivity contribution in [1.82, 2.24) is 0 Å². The van der Waals surface area contributed by atoms with Crippen LogP contribution < -0.4 is 0 Å². The normalized spacial score (nSPS) is 28.5.